The molecule has 2 N–H and O–H groups in total. The van der Waals surface area contributed by atoms with Crippen molar-refractivity contribution in [1.82, 2.24) is 29.7 Å². The number of hydrogen-bond acceptors (Lipinski definition) is 14. The lowest BCUT2D eigenvalue weighted by molar-refractivity contribution is -0.121. The summed E-state index contributed by atoms with van der Waals surface area (Å²) >= 11 is 4.63. The van der Waals surface area contributed by atoms with Crippen molar-refractivity contribution in [3.05, 3.63) is 75.3 Å². The number of nitriles is 1. The average molecular weight is 815 g/mol. The fraction of sp³-hybridized carbons (Fsp3) is 0.400. The van der Waals surface area contributed by atoms with Crippen molar-refractivity contribution in [1.29, 1.82) is 5.26 Å². The van der Waals surface area contributed by atoms with Crippen molar-refractivity contribution in [3.63, 3.8) is 0 Å². The van der Waals surface area contributed by atoms with Gasteiger partial charge in [-0.15, -0.1) is 34.0 Å². The van der Waals surface area contributed by atoms with Gasteiger partial charge in [0.1, 0.15) is 27.0 Å². The number of nitrogens with zero attached hydrogens (tertiary/aromatic N) is 7. The van der Waals surface area contributed by atoms with Gasteiger partial charge >= 0.3 is 12.2 Å². The van der Waals surface area contributed by atoms with Crippen LogP contribution in [0, 0.1) is 11.3 Å². The summed E-state index contributed by atoms with van der Waals surface area (Å²) in [6.45, 7) is 13.3. The molecular weight excluding hydrogens is 769 g/mol. The summed E-state index contributed by atoms with van der Waals surface area (Å²) in [5, 5.41) is 15.0. The van der Waals surface area contributed by atoms with Crippen LogP contribution in [0.25, 0.3) is 33.1 Å². The number of aromatic nitrogens is 4. The first-order valence-corrected chi connectivity index (χ1v) is 20.6. The van der Waals surface area contributed by atoms with Crippen LogP contribution in [-0.2, 0) is 33.7 Å². The SMILES string of the molecule is CC(C)(C)OC(=O)N1CCC(=O)CC1.CC(C)(C)OC(=O)N1CCc2c(sc(N)c2-c2nc(-c3cccnc3)cs2)C1.N#CCc1nc(-c2cccnc2)cs1. The number of carbonyl (C=O) groups excluding carboxylic acids is 3. The number of piperidine rings is 1. The molecule has 56 heavy (non-hydrogen) atoms. The molecule has 13 nitrogen and oxygen atoms in total. The summed E-state index contributed by atoms with van der Waals surface area (Å²) in [5.74, 6) is 0.227. The van der Waals surface area contributed by atoms with Crippen molar-refractivity contribution in [2.75, 3.05) is 25.4 Å². The van der Waals surface area contributed by atoms with Crippen LogP contribution >= 0.6 is 34.0 Å². The maximum atomic E-state index is 12.4. The molecule has 1 saturated heterocycles. The molecule has 0 aromatic carbocycles. The molecule has 5 aromatic heterocycles. The Kier molecular flexibility index (Phi) is 13.9. The van der Waals surface area contributed by atoms with Gasteiger partial charge in [0.2, 0.25) is 0 Å². The molecule has 2 amide bonds. The third kappa shape index (κ3) is 11.9. The zero-order chi connectivity index (χ0) is 40.5. The van der Waals surface area contributed by atoms with Gasteiger partial charge in [-0.3, -0.25) is 14.8 Å². The van der Waals surface area contributed by atoms with Gasteiger partial charge in [-0.2, -0.15) is 5.26 Å². The molecule has 7 rings (SSSR count). The molecule has 2 aliphatic heterocycles. The van der Waals surface area contributed by atoms with Gasteiger partial charge in [0.25, 0.3) is 0 Å². The minimum absolute atomic E-state index is 0.227. The molecule has 16 heteroatoms. The number of Topliss-reactive ketones (excluding diaryl/α,β-unsaturated/α-hetero) is 1. The third-order valence-corrected chi connectivity index (χ3v) is 10.9. The summed E-state index contributed by atoms with van der Waals surface area (Å²) in [6.07, 6.45) is 8.51. The van der Waals surface area contributed by atoms with Crippen LogP contribution in [0.1, 0.15) is 69.8 Å². The van der Waals surface area contributed by atoms with Gasteiger partial charge in [-0.05, 0) is 77.8 Å². The molecule has 7 heterocycles. The summed E-state index contributed by atoms with van der Waals surface area (Å²) in [7, 11) is 0. The highest BCUT2D eigenvalue weighted by Gasteiger charge is 2.30. The third-order valence-electron chi connectivity index (χ3n) is 8.12. The number of amides is 2. The standard InChI is InChI=1S/C20H22N4O2S2.C10H7N3S.C10H17NO3/c1-20(2,3)26-19(25)24-8-6-13-15(10-24)28-17(21)16(13)18-23-14(11-27-18)12-5-4-7-22-9-12;11-4-3-10-13-9(7-14-10)8-2-1-5-12-6-8;1-10(2,3)14-9(13)11-6-4-8(12)5-7-11/h4-5,7,9,11H,6,8,10,21H2,1-3H3;1-2,5-7H,3H2;4-7H2,1-3H3. The van der Waals surface area contributed by atoms with Gasteiger partial charge in [0.15, 0.2) is 0 Å². The van der Waals surface area contributed by atoms with E-state index in [9.17, 15) is 14.4 Å². The molecule has 294 valence electrons. The Balaban J connectivity index is 0.000000180. The second-order valence-electron chi connectivity index (χ2n) is 14.9. The first-order valence-electron chi connectivity index (χ1n) is 18.1. The number of likely N-dealkylation sites (tertiary alicyclic amines) is 1. The lowest BCUT2D eigenvalue weighted by Crippen LogP contribution is -2.41. The van der Waals surface area contributed by atoms with E-state index in [1.807, 2.05) is 82.8 Å². The highest BCUT2D eigenvalue weighted by atomic mass is 32.1. The van der Waals surface area contributed by atoms with Gasteiger partial charge in [0, 0.05) is 89.6 Å². The maximum absolute atomic E-state index is 12.4. The van der Waals surface area contributed by atoms with Crippen LogP contribution in [0.5, 0.6) is 0 Å². The Bertz CT molecular complexity index is 2140. The lowest BCUT2D eigenvalue weighted by atomic mass is 10.0. The normalized spacial score (nSPS) is 14.0. The van der Waals surface area contributed by atoms with Crippen LogP contribution in [0.2, 0.25) is 0 Å². The van der Waals surface area contributed by atoms with Crippen LogP contribution in [-0.4, -0.2) is 78.5 Å². The smallest absolute Gasteiger partial charge is 0.410 e. The van der Waals surface area contributed by atoms with E-state index in [1.165, 1.54) is 28.2 Å². The molecular formula is C40H46N8O5S3. The maximum Gasteiger partial charge on any atom is 0.410 e. The number of nitrogen functional groups attached to an aromatic ring is 1. The van der Waals surface area contributed by atoms with Crippen LogP contribution in [0.15, 0.2) is 59.8 Å². The molecule has 5 aromatic rings. The van der Waals surface area contributed by atoms with Crippen molar-refractivity contribution in [2.24, 2.45) is 0 Å². The lowest BCUT2D eigenvalue weighted by Gasteiger charge is -2.30. The number of fused-ring (bicyclic) bond motifs is 1. The summed E-state index contributed by atoms with van der Waals surface area (Å²) < 4.78 is 10.7. The highest BCUT2D eigenvalue weighted by molar-refractivity contribution is 7.18. The number of thiophene rings is 1. The van der Waals surface area contributed by atoms with E-state index < -0.39 is 11.2 Å². The number of hydrogen-bond donors (Lipinski definition) is 1. The Morgan fingerprint density at radius 2 is 1.39 bits per heavy atom. The van der Waals surface area contributed by atoms with Gasteiger partial charge in [0.05, 0.1) is 35.4 Å². The van der Waals surface area contributed by atoms with Gasteiger partial charge in [-0.1, -0.05) is 0 Å². The predicted molar refractivity (Wildman–Crippen MR) is 220 cm³/mol. The Labute approximate surface area is 339 Å². The monoisotopic (exact) mass is 814 g/mol. The number of thiazole rings is 2. The molecule has 0 saturated carbocycles. The molecule has 0 atom stereocenters. The molecule has 1 fully saturated rings. The van der Waals surface area contributed by atoms with E-state index in [0.29, 0.717) is 45.4 Å². The quantitative estimate of drug-likeness (QED) is 0.184. The minimum Gasteiger partial charge on any atom is -0.444 e. The van der Waals surface area contributed by atoms with E-state index in [4.69, 9.17) is 25.5 Å². The van der Waals surface area contributed by atoms with Gasteiger partial charge < -0.3 is 25.0 Å². The summed E-state index contributed by atoms with van der Waals surface area (Å²) in [6, 6.07) is 9.81. The van der Waals surface area contributed by atoms with E-state index in [1.54, 1.807) is 39.7 Å². The fourth-order valence-corrected chi connectivity index (χ4v) is 8.40. The Morgan fingerprint density at radius 3 is 1.95 bits per heavy atom. The van der Waals surface area contributed by atoms with Crippen LogP contribution < -0.4 is 5.73 Å². The number of anilines is 1. The zero-order valence-electron chi connectivity index (χ0n) is 32.4. The van der Waals surface area contributed by atoms with Crippen molar-refractivity contribution in [2.45, 2.75) is 85.0 Å². The van der Waals surface area contributed by atoms with E-state index in [2.05, 4.69) is 21.0 Å². The van der Waals surface area contributed by atoms with E-state index in [0.717, 1.165) is 54.4 Å². The topological polar surface area (TPSA) is 178 Å². The number of pyridine rings is 2. The second kappa shape index (κ2) is 18.6. The Morgan fingerprint density at radius 1 is 0.839 bits per heavy atom. The van der Waals surface area contributed by atoms with Crippen molar-refractivity contribution < 1.29 is 23.9 Å². The number of carbonyl (C=O) groups is 3. The van der Waals surface area contributed by atoms with Crippen molar-refractivity contribution in [3.8, 4) is 39.2 Å². The number of ketones is 1. The van der Waals surface area contributed by atoms with E-state index in [-0.39, 0.29) is 18.0 Å². The first kappa shape index (κ1) is 41.9. The minimum atomic E-state index is -0.499. The molecule has 0 radical (unpaired) electrons. The summed E-state index contributed by atoms with van der Waals surface area (Å²) in [5.41, 5.74) is 11.4. The average Bonchev–Trinajstić information content (AvgIpc) is 3.90. The van der Waals surface area contributed by atoms with Gasteiger partial charge in [-0.25, -0.2) is 19.6 Å². The highest BCUT2D eigenvalue weighted by Crippen LogP contribution is 2.43. The Hall–Kier alpha value is -5.24. The van der Waals surface area contributed by atoms with Crippen molar-refractivity contribution >= 4 is 57.0 Å². The fourth-order valence-electron chi connectivity index (χ4n) is 5.55. The molecule has 0 bridgehead atoms. The summed E-state index contributed by atoms with van der Waals surface area (Å²) in [4.78, 5) is 56.6. The van der Waals surface area contributed by atoms with Crippen LogP contribution in [0.4, 0.5) is 14.6 Å². The van der Waals surface area contributed by atoms with E-state index >= 15 is 0 Å². The number of ether oxygens (including phenoxy) is 2. The zero-order valence-corrected chi connectivity index (χ0v) is 34.9. The van der Waals surface area contributed by atoms with Crippen LogP contribution in [0.3, 0.4) is 0 Å². The molecule has 0 aliphatic carbocycles. The number of rotatable bonds is 4. The molecule has 0 spiro atoms. The molecule has 2 aliphatic rings. The largest absolute Gasteiger partial charge is 0.444 e. The first-order chi connectivity index (χ1) is 26.6. The number of nitrogens with two attached hydrogens (primary N) is 1. The molecule has 0 unspecified atom stereocenters. The predicted octanol–water partition coefficient (Wildman–Crippen LogP) is 8.67. The second-order valence-corrected chi connectivity index (χ2v) is 17.8.